The molecule has 134 valence electrons. The summed E-state index contributed by atoms with van der Waals surface area (Å²) in [6, 6.07) is 8.46. The van der Waals surface area contributed by atoms with Gasteiger partial charge in [0.1, 0.15) is 5.82 Å². The van der Waals surface area contributed by atoms with E-state index in [1.165, 1.54) is 28.7 Å². The molecule has 1 unspecified atom stereocenters. The third kappa shape index (κ3) is 4.33. The molecule has 1 aromatic heterocycles. The summed E-state index contributed by atoms with van der Waals surface area (Å²) in [5.74, 6) is 0.0748. The van der Waals surface area contributed by atoms with Gasteiger partial charge in [-0.1, -0.05) is 36.6 Å². The lowest BCUT2D eigenvalue weighted by Gasteiger charge is -2.27. The maximum absolute atomic E-state index is 14.0. The molecule has 1 N–H and O–H groups in total. The summed E-state index contributed by atoms with van der Waals surface area (Å²) in [6.07, 6.45) is 4.68. The van der Waals surface area contributed by atoms with E-state index < -0.39 is 5.82 Å². The second-order valence-electron chi connectivity index (χ2n) is 6.54. The Bertz CT molecular complexity index is 696. The summed E-state index contributed by atoms with van der Waals surface area (Å²) in [4.78, 5) is 15.4. The predicted molar refractivity (Wildman–Crippen MR) is 100 cm³/mol. The lowest BCUT2D eigenvalue weighted by Crippen LogP contribution is -2.41. The molecular weight excluding hydrogens is 359 g/mol. The molecule has 3 nitrogen and oxygen atoms in total. The fourth-order valence-electron chi connectivity index (χ4n) is 3.42. The first-order chi connectivity index (χ1) is 12.1. The third-order valence-corrected chi connectivity index (χ3v) is 6.11. The summed E-state index contributed by atoms with van der Waals surface area (Å²) in [5.41, 5.74) is 0.343. The van der Waals surface area contributed by atoms with Crippen molar-refractivity contribution in [3.05, 3.63) is 57.0 Å². The van der Waals surface area contributed by atoms with E-state index in [0.717, 1.165) is 12.8 Å². The van der Waals surface area contributed by atoms with Gasteiger partial charge < -0.3 is 10.2 Å². The molecule has 2 aromatic rings. The number of nitrogens with one attached hydrogen (secondary N) is 1. The molecule has 1 saturated carbocycles. The highest BCUT2D eigenvalue weighted by Crippen LogP contribution is 2.37. The SMILES string of the molecule is CN(Cc1c(F)cccc1Cl)C(=O)NC(c1cccs1)C1CCCC1. The molecule has 1 heterocycles. The number of thiophene rings is 1. The number of hydrogen-bond acceptors (Lipinski definition) is 2. The number of hydrogen-bond donors (Lipinski definition) is 1. The standard InChI is InChI=1S/C19H22ClFN2OS/c1-23(12-14-15(20)8-4-9-16(14)21)19(24)22-18(13-6-2-3-7-13)17-10-5-11-25-17/h4-5,8-11,13,18H,2-3,6-7,12H2,1H3,(H,22,24). The van der Waals surface area contributed by atoms with Crippen LogP contribution in [0.1, 0.15) is 42.2 Å². The van der Waals surface area contributed by atoms with E-state index in [9.17, 15) is 9.18 Å². The largest absolute Gasteiger partial charge is 0.330 e. The van der Waals surface area contributed by atoms with Gasteiger partial charge in [0.2, 0.25) is 0 Å². The zero-order valence-electron chi connectivity index (χ0n) is 14.2. The number of carbonyl (C=O) groups excluding carboxylic acids is 1. The van der Waals surface area contributed by atoms with Gasteiger partial charge in [0.15, 0.2) is 0 Å². The molecule has 1 fully saturated rings. The minimum absolute atomic E-state index is 0.0218. The van der Waals surface area contributed by atoms with Crippen molar-refractivity contribution in [1.82, 2.24) is 10.2 Å². The summed E-state index contributed by atoms with van der Waals surface area (Å²) in [6.45, 7) is 0.138. The minimum atomic E-state index is -0.391. The van der Waals surface area contributed by atoms with E-state index in [1.807, 2.05) is 11.4 Å². The van der Waals surface area contributed by atoms with E-state index >= 15 is 0 Å². The Morgan fingerprint density at radius 1 is 1.36 bits per heavy atom. The summed E-state index contributed by atoms with van der Waals surface area (Å²) < 4.78 is 14.0. The van der Waals surface area contributed by atoms with Crippen LogP contribution >= 0.6 is 22.9 Å². The van der Waals surface area contributed by atoms with Crippen molar-refractivity contribution in [2.24, 2.45) is 5.92 Å². The molecule has 0 bridgehead atoms. The highest BCUT2D eigenvalue weighted by atomic mass is 35.5. The van der Waals surface area contributed by atoms with Crippen LogP contribution in [-0.2, 0) is 6.54 Å². The van der Waals surface area contributed by atoms with Crippen LogP contribution in [0.3, 0.4) is 0 Å². The molecule has 6 heteroatoms. The molecule has 1 aliphatic carbocycles. The van der Waals surface area contributed by atoms with E-state index in [2.05, 4.69) is 11.4 Å². The second-order valence-corrected chi connectivity index (χ2v) is 7.93. The van der Waals surface area contributed by atoms with Crippen LogP contribution < -0.4 is 5.32 Å². The van der Waals surface area contributed by atoms with Gasteiger partial charge in [0.25, 0.3) is 0 Å². The smallest absolute Gasteiger partial charge is 0.317 e. The Hall–Kier alpha value is -1.59. The van der Waals surface area contributed by atoms with Gasteiger partial charge >= 0.3 is 6.03 Å². The van der Waals surface area contributed by atoms with Crippen molar-refractivity contribution in [3.63, 3.8) is 0 Å². The fraction of sp³-hybridized carbons (Fsp3) is 0.421. The Balaban J connectivity index is 1.70. The number of nitrogens with zero attached hydrogens (tertiary/aromatic N) is 1. The normalized spacial score (nSPS) is 16.0. The van der Waals surface area contributed by atoms with Crippen LogP contribution in [0.25, 0.3) is 0 Å². The van der Waals surface area contributed by atoms with Crippen LogP contribution in [0, 0.1) is 11.7 Å². The number of halogens is 2. The van der Waals surface area contributed by atoms with Gasteiger partial charge in [-0.15, -0.1) is 11.3 Å². The molecule has 0 radical (unpaired) electrons. The van der Waals surface area contributed by atoms with E-state index in [1.54, 1.807) is 30.5 Å². The third-order valence-electron chi connectivity index (χ3n) is 4.80. The maximum Gasteiger partial charge on any atom is 0.317 e. The van der Waals surface area contributed by atoms with Crippen LogP contribution in [0.4, 0.5) is 9.18 Å². The van der Waals surface area contributed by atoms with Crippen molar-refractivity contribution in [2.45, 2.75) is 38.3 Å². The Labute approximate surface area is 156 Å². The van der Waals surface area contributed by atoms with Crippen molar-refractivity contribution in [2.75, 3.05) is 7.05 Å². The number of carbonyl (C=O) groups is 1. The topological polar surface area (TPSA) is 32.3 Å². The first-order valence-electron chi connectivity index (χ1n) is 8.54. The lowest BCUT2D eigenvalue weighted by molar-refractivity contribution is 0.197. The minimum Gasteiger partial charge on any atom is -0.330 e. The molecule has 1 atom stereocenters. The van der Waals surface area contributed by atoms with Crippen molar-refractivity contribution < 1.29 is 9.18 Å². The first-order valence-corrected chi connectivity index (χ1v) is 9.80. The summed E-state index contributed by atoms with van der Waals surface area (Å²) in [7, 11) is 1.66. The molecular formula is C19H22ClFN2OS. The molecule has 0 spiro atoms. The van der Waals surface area contributed by atoms with Crippen LogP contribution in [0.5, 0.6) is 0 Å². The molecule has 1 aliphatic rings. The number of urea groups is 1. The van der Waals surface area contributed by atoms with E-state index in [-0.39, 0.29) is 18.6 Å². The van der Waals surface area contributed by atoms with Gasteiger partial charge in [0, 0.05) is 22.5 Å². The number of benzene rings is 1. The van der Waals surface area contributed by atoms with E-state index in [4.69, 9.17) is 11.6 Å². The average molecular weight is 381 g/mol. The first kappa shape index (κ1) is 18.2. The number of rotatable bonds is 5. The molecule has 0 aliphatic heterocycles. The fourth-order valence-corrected chi connectivity index (χ4v) is 4.51. The molecule has 3 rings (SSSR count). The lowest BCUT2D eigenvalue weighted by atomic mass is 9.97. The van der Waals surface area contributed by atoms with Gasteiger partial charge in [0.05, 0.1) is 12.6 Å². The van der Waals surface area contributed by atoms with Crippen molar-refractivity contribution in [3.8, 4) is 0 Å². The Kier molecular flexibility index (Phi) is 5.97. The summed E-state index contributed by atoms with van der Waals surface area (Å²) in [5, 5.41) is 5.52. The van der Waals surface area contributed by atoms with Gasteiger partial charge in [-0.3, -0.25) is 0 Å². The molecule has 1 aromatic carbocycles. The zero-order chi connectivity index (χ0) is 17.8. The van der Waals surface area contributed by atoms with Crippen LogP contribution in [0.2, 0.25) is 5.02 Å². The van der Waals surface area contributed by atoms with Crippen LogP contribution in [-0.4, -0.2) is 18.0 Å². The van der Waals surface area contributed by atoms with Gasteiger partial charge in [-0.2, -0.15) is 0 Å². The maximum atomic E-state index is 14.0. The zero-order valence-corrected chi connectivity index (χ0v) is 15.7. The Morgan fingerprint density at radius 2 is 2.12 bits per heavy atom. The highest BCUT2D eigenvalue weighted by molar-refractivity contribution is 7.10. The van der Waals surface area contributed by atoms with Gasteiger partial charge in [-0.05, 0) is 42.3 Å². The molecule has 2 amide bonds. The quantitative estimate of drug-likeness (QED) is 0.717. The highest BCUT2D eigenvalue weighted by Gasteiger charge is 2.29. The van der Waals surface area contributed by atoms with Crippen LogP contribution in [0.15, 0.2) is 35.7 Å². The molecule has 25 heavy (non-hydrogen) atoms. The van der Waals surface area contributed by atoms with Crippen molar-refractivity contribution in [1.29, 1.82) is 0 Å². The second kappa shape index (κ2) is 8.19. The Morgan fingerprint density at radius 3 is 2.76 bits per heavy atom. The predicted octanol–water partition coefficient (Wildman–Crippen LogP) is 5.61. The number of amides is 2. The van der Waals surface area contributed by atoms with Crippen molar-refractivity contribution >= 4 is 29.0 Å². The molecule has 0 saturated heterocycles. The van der Waals surface area contributed by atoms with E-state index in [0.29, 0.717) is 16.5 Å². The van der Waals surface area contributed by atoms with Gasteiger partial charge in [-0.25, -0.2) is 9.18 Å². The summed E-state index contributed by atoms with van der Waals surface area (Å²) >= 11 is 7.74. The monoisotopic (exact) mass is 380 g/mol. The average Bonchev–Trinajstić information content (AvgIpc) is 3.29.